The van der Waals surface area contributed by atoms with E-state index in [1.165, 1.54) is 0 Å². The van der Waals surface area contributed by atoms with E-state index in [-0.39, 0.29) is 11.5 Å². The number of nitrogens with one attached hydrogen (secondary N) is 1. The summed E-state index contributed by atoms with van der Waals surface area (Å²) in [5.74, 6) is -0.572. The smallest absolute Gasteiger partial charge is 0.336 e. The topological polar surface area (TPSA) is 82.5 Å². The van der Waals surface area contributed by atoms with Gasteiger partial charge in [-0.15, -0.1) is 0 Å². The highest BCUT2D eigenvalue weighted by Crippen LogP contribution is 2.33. The number of carbonyl (C=O) groups is 2. The molecule has 31 heavy (non-hydrogen) atoms. The molecule has 0 aliphatic heterocycles. The number of rotatable bonds is 8. The minimum atomic E-state index is -0.991. The third-order valence-corrected chi connectivity index (χ3v) is 5.50. The van der Waals surface area contributed by atoms with Gasteiger partial charge < -0.3 is 15.3 Å². The second-order valence-corrected chi connectivity index (χ2v) is 7.79. The largest absolute Gasteiger partial charge is 0.478 e. The van der Waals surface area contributed by atoms with Crippen LogP contribution in [0.1, 0.15) is 53.0 Å². The Bertz CT molecular complexity index is 1120. The number of aromatic nitrogens is 1. The number of carboxylic acid groups (broad SMARTS) is 1. The van der Waals surface area contributed by atoms with Crippen molar-refractivity contribution in [3.63, 3.8) is 0 Å². The lowest BCUT2D eigenvalue weighted by Crippen LogP contribution is -2.32. The number of carbonyl (C=O) groups excluding carboxylic acids is 1. The Morgan fingerprint density at radius 1 is 1.06 bits per heavy atom. The number of aromatic carboxylic acids is 1. The molecule has 0 saturated carbocycles. The lowest BCUT2D eigenvalue weighted by atomic mass is 10.0. The van der Waals surface area contributed by atoms with Gasteiger partial charge in [0.2, 0.25) is 0 Å². The molecule has 0 aliphatic rings. The van der Waals surface area contributed by atoms with Gasteiger partial charge in [-0.2, -0.15) is 0 Å². The SMILES string of the molecule is CCCN(CCC)C(=O)c1cnc(Nc2cccc(C(=O)O)c2C)c2cccc(Cl)c12. The summed E-state index contributed by atoms with van der Waals surface area (Å²) in [5, 5.41) is 14.4. The number of benzene rings is 2. The van der Waals surface area contributed by atoms with Gasteiger partial charge in [-0.1, -0.05) is 43.6 Å². The van der Waals surface area contributed by atoms with E-state index >= 15 is 0 Å². The molecule has 0 bridgehead atoms. The van der Waals surface area contributed by atoms with Crippen molar-refractivity contribution >= 4 is 45.8 Å². The van der Waals surface area contributed by atoms with Gasteiger partial charge in [0.15, 0.2) is 0 Å². The molecule has 0 spiro atoms. The highest BCUT2D eigenvalue weighted by molar-refractivity contribution is 6.37. The fraction of sp³-hybridized carbons (Fsp3) is 0.292. The van der Waals surface area contributed by atoms with Crippen LogP contribution in [0.5, 0.6) is 0 Å². The molecular weight excluding hydrogens is 414 g/mol. The molecule has 0 fully saturated rings. The second-order valence-electron chi connectivity index (χ2n) is 7.38. The Morgan fingerprint density at radius 3 is 2.39 bits per heavy atom. The first-order valence-corrected chi connectivity index (χ1v) is 10.7. The first-order valence-electron chi connectivity index (χ1n) is 10.3. The van der Waals surface area contributed by atoms with E-state index in [9.17, 15) is 14.7 Å². The lowest BCUT2D eigenvalue weighted by molar-refractivity contribution is 0.0695. The average molecular weight is 440 g/mol. The summed E-state index contributed by atoms with van der Waals surface area (Å²) >= 11 is 6.53. The van der Waals surface area contributed by atoms with Crippen LogP contribution < -0.4 is 5.32 Å². The molecular formula is C24H26ClN3O3. The van der Waals surface area contributed by atoms with Gasteiger partial charge in [0.05, 0.1) is 11.1 Å². The van der Waals surface area contributed by atoms with Crippen molar-refractivity contribution in [3.8, 4) is 0 Å². The number of hydrogen-bond donors (Lipinski definition) is 2. The predicted octanol–water partition coefficient (Wildman–Crippen LogP) is 5.90. The molecule has 7 heteroatoms. The van der Waals surface area contributed by atoms with Gasteiger partial charge in [-0.3, -0.25) is 4.79 Å². The van der Waals surface area contributed by atoms with Crippen molar-refractivity contribution in [1.29, 1.82) is 0 Å². The van der Waals surface area contributed by atoms with E-state index in [2.05, 4.69) is 10.3 Å². The highest BCUT2D eigenvalue weighted by atomic mass is 35.5. The summed E-state index contributed by atoms with van der Waals surface area (Å²) < 4.78 is 0. The minimum Gasteiger partial charge on any atom is -0.478 e. The quantitative estimate of drug-likeness (QED) is 0.456. The highest BCUT2D eigenvalue weighted by Gasteiger charge is 2.21. The van der Waals surface area contributed by atoms with E-state index < -0.39 is 5.97 Å². The van der Waals surface area contributed by atoms with Crippen LogP contribution in [0.4, 0.5) is 11.5 Å². The fourth-order valence-electron chi connectivity index (χ4n) is 3.68. The molecule has 3 aromatic rings. The van der Waals surface area contributed by atoms with Crippen molar-refractivity contribution in [2.75, 3.05) is 18.4 Å². The number of anilines is 2. The fourth-order valence-corrected chi connectivity index (χ4v) is 3.95. The summed E-state index contributed by atoms with van der Waals surface area (Å²) in [7, 11) is 0. The number of fused-ring (bicyclic) bond motifs is 1. The van der Waals surface area contributed by atoms with E-state index in [0.717, 1.165) is 12.8 Å². The number of carboxylic acids is 1. The van der Waals surface area contributed by atoms with Crippen LogP contribution in [0.3, 0.4) is 0 Å². The zero-order chi connectivity index (χ0) is 22.5. The molecule has 0 unspecified atom stereocenters. The summed E-state index contributed by atoms with van der Waals surface area (Å²) in [6.45, 7) is 7.16. The molecule has 0 radical (unpaired) electrons. The zero-order valence-corrected chi connectivity index (χ0v) is 18.7. The number of halogens is 1. The zero-order valence-electron chi connectivity index (χ0n) is 17.9. The minimum absolute atomic E-state index is 0.0927. The maximum Gasteiger partial charge on any atom is 0.336 e. The Hall–Kier alpha value is -3.12. The Labute approximate surface area is 186 Å². The number of amides is 1. The van der Waals surface area contributed by atoms with Gasteiger partial charge in [0.25, 0.3) is 5.91 Å². The summed E-state index contributed by atoms with van der Waals surface area (Å²) in [6, 6.07) is 10.5. The predicted molar refractivity (Wildman–Crippen MR) is 125 cm³/mol. The van der Waals surface area contributed by atoms with E-state index in [1.807, 2.05) is 30.9 Å². The van der Waals surface area contributed by atoms with Crippen molar-refractivity contribution in [2.24, 2.45) is 0 Å². The van der Waals surface area contributed by atoms with Crippen molar-refractivity contribution in [2.45, 2.75) is 33.6 Å². The first kappa shape index (κ1) is 22.6. The molecule has 0 atom stereocenters. The molecule has 3 rings (SSSR count). The van der Waals surface area contributed by atoms with Crippen LogP contribution in [-0.4, -0.2) is 40.0 Å². The lowest BCUT2D eigenvalue weighted by Gasteiger charge is -2.23. The molecule has 0 saturated heterocycles. The van der Waals surface area contributed by atoms with E-state index in [1.54, 1.807) is 37.4 Å². The van der Waals surface area contributed by atoms with Crippen molar-refractivity contribution in [3.05, 3.63) is 64.3 Å². The van der Waals surface area contributed by atoms with Crippen LogP contribution in [0, 0.1) is 6.92 Å². The monoisotopic (exact) mass is 439 g/mol. The second kappa shape index (κ2) is 9.79. The normalized spacial score (nSPS) is 10.8. The maximum atomic E-state index is 13.3. The standard InChI is InChI=1S/C24H26ClN3O3/c1-4-12-28(13-5-2)23(29)18-14-26-22(17-9-6-10-19(25)21(17)18)27-20-11-7-8-16(15(20)3)24(30)31/h6-11,14H,4-5,12-13H2,1-3H3,(H,26,27)(H,30,31). The molecule has 1 amide bonds. The molecule has 1 heterocycles. The maximum absolute atomic E-state index is 13.3. The Morgan fingerprint density at radius 2 is 1.74 bits per heavy atom. The number of hydrogen-bond acceptors (Lipinski definition) is 4. The molecule has 162 valence electrons. The average Bonchev–Trinajstić information content (AvgIpc) is 2.75. The van der Waals surface area contributed by atoms with Crippen LogP contribution in [0.25, 0.3) is 10.8 Å². The molecule has 6 nitrogen and oxygen atoms in total. The van der Waals surface area contributed by atoms with Gasteiger partial charge in [0, 0.05) is 40.8 Å². The molecule has 0 aliphatic carbocycles. The van der Waals surface area contributed by atoms with Gasteiger partial charge in [-0.25, -0.2) is 9.78 Å². The third-order valence-electron chi connectivity index (χ3n) is 5.18. The molecule has 2 aromatic carbocycles. The van der Waals surface area contributed by atoms with Gasteiger partial charge in [0.1, 0.15) is 5.82 Å². The van der Waals surface area contributed by atoms with Crippen molar-refractivity contribution < 1.29 is 14.7 Å². The molecule has 2 N–H and O–H groups in total. The summed E-state index contributed by atoms with van der Waals surface area (Å²) in [4.78, 5) is 31.1. The first-order chi connectivity index (χ1) is 14.9. The number of nitrogens with zero attached hydrogens (tertiary/aromatic N) is 2. The summed E-state index contributed by atoms with van der Waals surface area (Å²) in [5.41, 5.74) is 1.91. The van der Waals surface area contributed by atoms with Crippen molar-refractivity contribution in [1.82, 2.24) is 9.88 Å². The van der Waals surface area contributed by atoms with Gasteiger partial charge >= 0.3 is 5.97 Å². The Kier molecular flexibility index (Phi) is 7.13. The Balaban J connectivity index is 2.10. The van der Waals surface area contributed by atoms with Crippen LogP contribution in [-0.2, 0) is 0 Å². The third kappa shape index (κ3) is 4.64. The van der Waals surface area contributed by atoms with Crippen LogP contribution in [0.15, 0.2) is 42.6 Å². The van der Waals surface area contributed by atoms with Gasteiger partial charge in [-0.05, 0) is 43.5 Å². The van der Waals surface area contributed by atoms with E-state index in [0.29, 0.717) is 51.5 Å². The van der Waals surface area contributed by atoms with Crippen LogP contribution in [0.2, 0.25) is 5.02 Å². The van der Waals surface area contributed by atoms with E-state index in [4.69, 9.17) is 11.6 Å². The molecule has 1 aromatic heterocycles. The summed E-state index contributed by atoms with van der Waals surface area (Å²) in [6.07, 6.45) is 3.28. The van der Waals surface area contributed by atoms with Crippen LogP contribution >= 0.6 is 11.6 Å². The number of pyridine rings is 1.